The topological polar surface area (TPSA) is 3.88 Å². The summed E-state index contributed by atoms with van der Waals surface area (Å²) in [4.78, 5) is 0. The van der Waals surface area contributed by atoms with Gasteiger partial charge in [0.1, 0.15) is 6.54 Å². The van der Waals surface area contributed by atoms with Gasteiger partial charge in [0.25, 0.3) is 0 Å². The maximum absolute atomic E-state index is 4.78. The van der Waals surface area contributed by atoms with Gasteiger partial charge in [-0.1, -0.05) is 19.4 Å². The van der Waals surface area contributed by atoms with Crippen LogP contribution < -0.4 is 4.57 Å². The molecule has 1 aromatic heterocycles. The fourth-order valence-electron chi connectivity index (χ4n) is 0.924. The summed E-state index contributed by atoms with van der Waals surface area (Å²) in [5.74, 6) is 0. The Morgan fingerprint density at radius 3 is 2.25 bits per heavy atom. The third kappa shape index (κ3) is 5.60. The smallest absolute Gasteiger partial charge is 0.273 e. The molecule has 0 aliphatic heterocycles. The Morgan fingerprint density at radius 2 is 1.75 bits per heavy atom. The van der Waals surface area contributed by atoms with Crippen LogP contribution in [-0.2, 0) is 6.54 Å². The largest absolute Gasteiger partial charge is 0.353 e. The van der Waals surface area contributed by atoms with Gasteiger partial charge in [-0.3, -0.25) is 10.0 Å². The Balaban J connectivity index is 0.000000561. The second-order valence-corrected chi connectivity index (χ2v) is 2.47. The highest BCUT2D eigenvalue weighted by molar-refractivity contribution is 6.80. The average Bonchev–Trinajstić information content (AvgIpc) is 2.19. The third-order valence-corrected chi connectivity index (χ3v) is 1.55. The second kappa shape index (κ2) is 9.06. The SMILES string of the molecule is CCCC[n+]1ccccc1.[AlH2][Cl]. The lowest BCUT2D eigenvalue weighted by Crippen LogP contribution is -2.31. The van der Waals surface area contributed by atoms with Crippen LogP contribution in [0.3, 0.4) is 0 Å². The Kier molecular flexibility index (Phi) is 9.04. The van der Waals surface area contributed by atoms with E-state index in [2.05, 4.69) is 36.0 Å². The molecule has 0 atom stereocenters. The zero-order valence-electron chi connectivity index (χ0n) is 7.83. The number of aryl methyl sites for hydroxylation is 1. The minimum atomic E-state index is 0.778. The van der Waals surface area contributed by atoms with Crippen molar-refractivity contribution in [1.29, 1.82) is 0 Å². The normalized spacial score (nSPS) is 8.50. The van der Waals surface area contributed by atoms with E-state index in [1.54, 1.807) is 0 Å². The van der Waals surface area contributed by atoms with Crippen LogP contribution in [0.4, 0.5) is 0 Å². The summed E-state index contributed by atoms with van der Waals surface area (Å²) in [6.07, 6.45) is 6.75. The minimum absolute atomic E-state index is 0.778. The summed E-state index contributed by atoms with van der Waals surface area (Å²) in [5, 5.41) is 0. The van der Waals surface area contributed by atoms with Gasteiger partial charge in [-0.15, -0.1) is 0 Å². The Hall–Kier alpha value is -0.0275. The highest BCUT2D eigenvalue weighted by Crippen LogP contribution is 1.85. The molecule has 0 radical (unpaired) electrons. The van der Waals surface area contributed by atoms with Gasteiger partial charge in [0.05, 0.1) is 0 Å². The quantitative estimate of drug-likeness (QED) is 0.515. The maximum Gasteiger partial charge on any atom is 0.353 e. The number of aromatic nitrogens is 1. The molecule has 0 bridgehead atoms. The van der Waals surface area contributed by atoms with Gasteiger partial charge in [0, 0.05) is 18.6 Å². The zero-order valence-corrected chi connectivity index (χ0v) is 10.6. The van der Waals surface area contributed by atoms with Gasteiger partial charge in [-0.25, -0.2) is 4.57 Å². The number of hydrogen-bond donors (Lipinski definition) is 0. The van der Waals surface area contributed by atoms with Gasteiger partial charge in [0.15, 0.2) is 12.4 Å². The predicted molar refractivity (Wildman–Crippen MR) is 55.9 cm³/mol. The van der Waals surface area contributed by atoms with Crippen molar-refractivity contribution < 1.29 is 4.57 Å². The Labute approximate surface area is 87.0 Å². The van der Waals surface area contributed by atoms with Crippen LogP contribution in [0, 0.1) is 0 Å². The van der Waals surface area contributed by atoms with Crippen LogP contribution in [0.2, 0.25) is 0 Å². The number of unbranched alkanes of at least 4 members (excludes halogenated alkanes) is 1. The van der Waals surface area contributed by atoms with Gasteiger partial charge in [0.2, 0.25) is 0 Å². The summed E-state index contributed by atoms with van der Waals surface area (Å²) in [5.41, 5.74) is 0. The first-order chi connectivity index (χ1) is 5.93. The molecule has 0 aromatic carbocycles. The first-order valence-electron chi connectivity index (χ1n) is 4.25. The Morgan fingerprint density at radius 1 is 1.17 bits per heavy atom. The van der Waals surface area contributed by atoms with E-state index in [-0.39, 0.29) is 0 Å². The monoisotopic (exact) mass is 200 g/mol. The molecule has 1 heterocycles. The number of pyridine rings is 1. The molecule has 12 heavy (non-hydrogen) atoms. The second-order valence-electron chi connectivity index (χ2n) is 2.47. The predicted octanol–water partition coefficient (Wildman–Crippen LogP) is 1.55. The van der Waals surface area contributed by atoms with Crippen LogP contribution in [-0.4, -0.2) is 15.4 Å². The molecule has 0 aliphatic rings. The summed E-state index contributed by atoms with van der Waals surface area (Å²) in [6.45, 7) is 3.36. The summed E-state index contributed by atoms with van der Waals surface area (Å²) in [6, 6.07) is 6.17. The molecular formula is C9H16AlClN+. The van der Waals surface area contributed by atoms with Crippen molar-refractivity contribution in [3.63, 3.8) is 0 Å². The van der Waals surface area contributed by atoms with Crippen molar-refractivity contribution in [1.82, 2.24) is 0 Å². The number of halogens is 1. The number of rotatable bonds is 3. The summed E-state index contributed by atoms with van der Waals surface area (Å²) in [7, 11) is 4.78. The molecule has 0 unspecified atom stereocenters. The summed E-state index contributed by atoms with van der Waals surface area (Å²) >= 11 is 0.778. The fraction of sp³-hybridized carbons (Fsp3) is 0.444. The van der Waals surface area contributed by atoms with Crippen molar-refractivity contribution in [2.75, 3.05) is 0 Å². The van der Waals surface area contributed by atoms with E-state index in [9.17, 15) is 0 Å². The standard InChI is InChI=1S/C9H14N.Al.ClH.2H/c1-2-3-7-10-8-5-4-6-9-10;;;;/h4-6,8-9H,2-3,7H2,1H3;;1H;;/q2*+1;;;/p-1. The minimum Gasteiger partial charge on any atom is -0.273 e. The molecular weight excluding hydrogens is 185 g/mol. The number of hydrogen-bond acceptors (Lipinski definition) is 0. The van der Waals surface area contributed by atoms with E-state index in [0.717, 1.165) is 21.9 Å². The van der Waals surface area contributed by atoms with Gasteiger partial charge < -0.3 is 0 Å². The highest BCUT2D eigenvalue weighted by Gasteiger charge is 1.93. The van der Waals surface area contributed by atoms with Crippen molar-refractivity contribution in [2.45, 2.75) is 26.3 Å². The lowest BCUT2D eigenvalue weighted by molar-refractivity contribution is -0.697. The van der Waals surface area contributed by atoms with E-state index in [1.165, 1.54) is 12.8 Å². The Bertz CT molecular complexity index is 179. The van der Waals surface area contributed by atoms with Crippen LogP contribution in [0.1, 0.15) is 19.8 Å². The van der Waals surface area contributed by atoms with E-state index in [1.807, 2.05) is 6.07 Å². The van der Waals surface area contributed by atoms with Crippen molar-refractivity contribution >= 4 is 25.4 Å². The molecule has 66 valence electrons. The maximum atomic E-state index is 4.78. The van der Waals surface area contributed by atoms with Crippen molar-refractivity contribution in [2.24, 2.45) is 0 Å². The highest BCUT2D eigenvalue weighted by atomic mass is 35.6. The molecule has 0 N–H and O–H groups in total. The molecule has 1 nitrogen and oxygen atoms in total. The third-order valence-electron chi connectivity index (χ3n) is 1.55. The van der Waals surface area contributed by atoms with E-state index < -0.39 is 0 Å². The van der Waals surface area contributed by atoms with Gasteiger partial charge >= 0.3 is 15.4 Å². The van der Waals surface area contributed by atoms with E-state index >= 15 is 0 Å². The molecule has 1 rings (SSSR count). The van der Waals surface area contributed by atoms with E-state index in [4.69, 9.17) is 10.0 Å². The van der Waals surface area contributed by atoms with Crippen LogP contribution >= 0.6 is 10.0 Å². The molecule has 0 amide bonds. The molecule has 0 aliphatic carbocycles. The number of nitrogens with zero attached hydrogens (tertiary/aromatic N) is 1. The van der Waals surface area contributed by atoms with Gasteiger partial charge in [-0.05, 0) is 0 Å². The van der Waals surface area contributed by atoms with Crippen molar-refractivity contribution in [3.05, 3.63) is 30.6 Å². The molecule has 0 saturated carbocycles. The molecule has 1 aromatic rings. The lowest BCUT2D eigenvalue weighted by atomic mass is 10.3. The molecule has 0 saturated heterocycles. The van der Waals surface area contributed by atoms with Crippen molar-refractivity contribution in [3.8, 4) is 0 Å². The van der Waals surface area contributed by atoms with Crippen LogP contribution in [0.25, 0.3) is 0 Å². The fourth-order valence-corrected chi connectivity index (χ4v) is 0.924. The molecule has 3 heteroatoms. The zero-order chi connectivity index (χ0) is 9.23. The van der Waals surface area contributed by atoms with Crippen LogP contribution in [0.5, 0.6) is 0 Å². The average molecular weight is 201 g/mol. The molecule has 0 fully saturated rings. The molecule has 0 spiro atoms. The van der Waals surface area contributed by atoms with Crippen LogP contribution in [0.15, 0.2) is 30.6 Å². The summed E-state index contributed by atoms with van der Waals surface area (Å²) < 4.78 is 2.21. The lowest BCUT2D eigenvalue weighted by Gasteiger charge is -1.91. The van der Waals surface area contributed by atoms with Gasteiger partial charge in [-0.2, -0.15) is 0 Å². The first kappa shape index (κ1) is 12.0. The first-order valence-corrected chi connectivity index (χ1v) is 7.27. The van der Waals surface area contributed by atoms with E-state index in [0.29, 0.717) is 0 Å².